The van der Waals surface area contributed by atoms with Gasteiger partial charge in [-0.05, 0) is 30.5 Å². The topological polar surface area (TPSA) is 50.7 Å². The lowest BCUT2D eigenvalue weighted by molar-refractivity contribution is 0.0250. The summed E-state index contributed by atoms with van der Waals surface area (Å²) in [6.07, 6.45) is 6.62. The first-order chi connectivity index (χ1) is 10.7. The van der Waals surface area contributed by atoms with Crippen molar-refractivity contribution in [1.29, 1.82) is 0 Å². The molecule has 1 aromatic carbocycles. The molecule has 1 aliphatic rings. The largest absolute Gasteiger partial charge is 0.491 e. The van der Waals surface area contributed by atoms with Crippen LogP contribution in [0.1, 0.15) is 44.1 Å². The highest BCUT2D eigenvalue weighted by molar-refractivity contribution is 5.28. The number of hydrogen-bond donors (Lipinski definition) is 2. The maximum atomic E-state index is 10.6. The lowest BCUT2D eigenvalue weighted by Crippen LogP contribution is -2.39. The third-order valence-electron chi connectivity index (χ3n) is 4.27. The summed E-state index contributed by atoms with van der Waals surface area (Å²) in [5.41, 5.74) is 0.649. The molecular weight excluding hydrogens is 278 g/mol. The monoisotopic (exact) mass is 307 g/mol. The predicted octanol–water partition coefficient (Wildman–Crippen LogP) is 2.89. The maximum absolute atomic E-state index is 10.6. The van der Waals surface area contributed by atoms with Gasteiger partial charge in [-0.2, -0.15) is 0 Å². The third-order valence-corrected chi connectivity index (χ3v) is 4.27. The highest BCUT2D eigenvalue weighted by atomic mass is 16.5. The Morgan fingerprint density at radius 1 is 1.14 bits per heavy atom. The van der Waals surface area contributed by atoms with E-state index in [4.69, 9.17) is 9.47 Å². The molecule has 0 aromatic heterocycles. The van der Waals surface area contributed by atoms with Crippen LogP contribution in [0.25, 0.3) is 0 Å². The fraction of sp³-hybridized carbons (Fsp3) is 0.667. The molecule has 0 spiro atoms. The van der Waals surface area contributed by atoms with Crippen molar-refractivity contribution >= 4 is 0 Å². The Kier molecular flexibility index (Phi) is 7.16. The van der Waals surface area contributed by atoms with Gasteiger partial charge in [-0.25, -0.2) is 0 Å². The van der Waals surface area contributed by atoms with E-state index in [9.17, 15) is 5.11 Å². The molecule has 124 valence electrons. The number of benzene rings is 1. The third kappa shape index (κ3) is 5.95. The standard InChI is InChI=1S/C18H29NO3/c1-21-11-12-22-17-8-6-7-16(13-17)14-19-15-18(20)9-4-2-3-5-10-18/h6-8,13,19-20H,2-5,9-12,14-15H2,1H3. The smallest absolute Gasteiger partial charge is 0.119 e. The minimum atomic E-state index is -0.525. The Morgan fingerprint density at radius 3 is 2.64 bits per heavy atom. The zero-order valence-corrected chi connectivity index (χ0v) is 13.6. The first kappa shape index (κ1) is 17.3. The van der Waals surface area contributed by atoms with Gasteiger partial charge in [-0.1, -0.05) is 37.8 Å². The molecule has 1 saturated carbocycles. The van der Waals surface area contributed by atoms with Crippen molar-refractivity contribution in [3.8, 4) is 5.75 Å². The van der Waals surface area contributed by atoms with Crippen molar-refractivity contribution in [3.05, 3.63) is 29.8 Å². The van der Waals surface area contributed by atoms with Crippen LogP contribution in [0.4, 0.5) is 0 Å². The van der Waals surface area contributed by atoms with Crippen LogP contribution < -0.4 is 10.1 Å². The fourth-order valence-electron chi connectivity index (χ4n) is 2.99. The van der Waals surface area contributed by atoms with Crippen molar-refractivity contribution < 1.29 is 14.6 Å². The highest BCUT2D eigenvalue weighted by Crippen LogP contribution is 2.26. The Hall–Kier alpha value is -1.10. The van der Waals surface area contributed by atoms with E-state index in [0.29, 0.717) is 19.8 Å². The van der Waals surface area contributed by atoms with Crippen LogP contribution in [0.5, 0.6) is 5.75 Å². The molecule has 4 heteroatoms. The van der Waals surface area contributed by atoms with Crippen LogP contribution in [0.3, 0.4) is 0 Å². The zero-order chi connectivity index (χ0) is 15.7. The number of hydrogen-bond acceptors (Lipinski definition) is 4. The van der Waals surface area contributed by atoms with Crippen LogP contribution in [0, 0.1) is 0 Å². The number of nitrogens with one attached hydrogen (secondary N) is 1. The van der Waals surface area contributed by atoms with Crippen LogP contribution in [0.2, 0.25) is 0 Å². The molecule has 22 heavy (non-hydrogen) atoms. The van der Waals surface area contributed by atoms with Gasteiger partial charge in [0.25, 0.3) is 0 Å². The number of aliphatic hydroxyl groups is 1. The lowest BCUT2D eigenvalue weighted by Gasteiger charge is -2.27. The first-order valence-electron chi connectivity index (χ1n) is 8.36. The maximum Gasteiger partial charge on any atom is 0.119 e. The summed E-state index contributed by atoms with van der Waals surface area (Å²) < 4.78 is 10.6. The van der Waals surface area contributed by atoms with Crippen molar-refractivity contribution in [2.24, 2.45) is 0 Å². The second kappa shape index (κ2) is 9.13. The van der Waals surface area contributed by atoms with Gasteiger partial charge in [-0.3, -0.25) is 0 Å². The van der Waals surface area contributed by atoms with Gasteiger partial charge in [0.15, 0.2) is 0 Å². The molecule has 1 aliphatic carbocycles. The second-order valence-corrected chi connectivity index (χ2v) is 6.23. The van der Waals surface area contributed by atoms with Crippen molar-refractivity contribution in [2.45, 2.75) is 50.7 Å². The van der Waals surface area contributed by atoms with Crippen LogP contribution in [-0.2, 0) is 11.3 Å². The number of rotatable bonds is 8. The average molecular weight is 307 g/mol. The molecule has 4 nitrogen and oxygen atoms in total. The van der Waals surface area contributed by atoms with Crippen LogP contribution >= 0.6 is 0 Å². The van der Waals surface area contributed by atoms with E-state index < -0.39 is 5.60 Å². The summed E-state index contributed by atoms with van der Waals surface area (Å²) in [5.74, 6) is 0.865. The van der Waals surface area contributed by atoms with Gasteiger partial charge in [0.2, 0.25) is 0 Å². The predicted molar refractivity (Wildman–Crippen MR) is 88.2 cm³/mol. The number of methoxy groups -OCH3 is 1. The van der Waals surface area contributed by atoms with Gasteiger partial charge in [0, 0.05) is 20.2 Å². The Morgan fingerprint density at radius 2 is 1.91 bits per heavy atom. The molecule has 0 unspecified atom stereocenters. The summed E-state index contributed by atoms with van der Waals surface area (Å²) in [5, 5.41) is 14.0. The van der Waals surface area contributed by atoms with E-state index in [1.807, 2.05) is 18.2 Å². The zero-order valence-electron chi connectivity index (χ0n) is 13.6. The summed E-state index contributed by atoms with van der Waals surface area (Å²) in [6, 6.07) is 8.07. The molecule has 0 amide bonds. The van der Waals surface area contributed by atoms with E-state index >= 15 is 0 Å². The normalized spacial score (nSPS) is 17.9. The minimum absolute atomic E-state index is 0.525. The molecule has 0 saturated heterocycles. The van der Waals surface area contributed by atoms with Crippen molar-refractivity contribution in [3.63, 3.8) is 0 Å². The van der Waals surface area contributed by atoms with E-state index in [1.165, 1.54) is 18.4 Å². The Labute approximate surface area is 133 Å². The van der Waals surface area contributed by atoms with Gasteiger partial charge in [0.1, 0.15) is 12.4 Å². The molecule has 0 atom stereocenters. The molecule has 0 bridgehead atoms. The van der Waals surface area contributed by atoms with Crippen molar-refractivity contribution in [1.82, 2.24) is 5.32 Å². The van der Waals surface area contributed by atoms with E-state index in [2.05, 4.69) is 11.4 Å². The summed E-state index contributed by atoms with van der Waals surface area (Å²) in [7, 11) is 1.67. The molecule has 2 rings (SSSR count). The highest BCUT2D eigenvalue weighted by Gasteiger charge is 2.27. The van der Waals surface area contributed by atoms with E-state index in [0.717, 1.165) is 38.0 Å². The van der Waals surface area contributed by atoms with E-state index in [1.54, 1.807) is 7.11 Å². The van der Waals surface area contributed by atoms with Gasteiger partial charge in [-0.15, -0.1) is 0 Å². The summed E-state index contributed by atoms with van der Waals surface area (Å²) in [6.45, 7) is 2.58. The van der Waals surface area contributed by atoms with Crippen LogP contribution in [-0.4, -0.2) is 37.6 Å². The minimum Gasteiger partial charge on any atom is -0.491 e. The number of ether oxygens (including phenoxy) is 2. The Balaban J connectivity index is 1.77. The average Bonchev–Trinajstić information content (AvgIpc) is 2.73. The van der Waals surface area contributed by atoms with Gasteiger partial charge in [0.05, 0.1) is 12.2 Å². The quantitative estimate of drug-likeness (QED) is 0.573. The molecule has 1 fully saturated rings. The lowest BCUT2D eigenvalue weighted by atomic mass is 9.94. The molecular formula is C18H29NO3. The molecule has 2 N–H and O–H groups in total. The SMILES string of the molecule is COCCOc1cccc(CNCC2(O)CCCCCC2)c1. The fourth-order valence-corrected chi connectivity index (χ4v) is 2.99. The molecule has 1 aromatic rings. The van der Waals surface area contributed by atoms with Gasteiger partial charge < -0.3 is 19.9 Å². The summed E-state index contributed by atoms with van der Waals surface area (Å²) in [4.78, 5) is 0. The molecule has 0 radical (unpaired) electrons. The van der Waals surface area contributed by atoms with E-state index in [-0.39, 0.29) is 0 Å². The van der Waals surface area contributed by atoms with Crippen molar-refractivity contribution in [2.75, 3.05) is 26.9 Å². The molecule has 0 heterocycles. The first-order valence-corrected chi connectivity index (χ1v) is 8.36. The summed E-state index contributed by atoms with van der Waals surface area (Å²) >= 11 is 0. The molecule has 0 aliphatic heterocycles. The second-order valence-electron chi connectivity index (χ2n) is 6.23. The van der Waals surface area contributed by atoms with Gasteiger partial charge >= 0.3 is 0 Å². The Bertz CT molecular complexity index is 428. The van der Waals surface area contributed by atoms with Crippen LogP contribution in [0.15, 0.2) is 24.3 Å².